The van der Waals surface area contributed by atoms with E-state index in [0.717, 1.165) is 48.9 Å². The molecule has 60 heavy (non-hydrogen) atoms. The van der Waals surface area contributed by atoms with E-state index in [1.54, 1.807) is 0 Å². The van der Waals surface area contributed by atoms with Crippen LogP contribution in [0.5, 0.6) is 0 Å². The molecule has 0 saturated carbocycles. The molecule has 0 aliphatic heterocycles. The van der Waals surface area contributed by atoms with Crippen LogP contribution in [0.4, 0.5) is 79.0 Å². The first-order valence-corrected chi connectivity index (χ1v) is 15.3. The average molecular weight is 1240 g/mol. The van der Waals surface area contributed by atoms with Crippen LogP contribution in [0.1, 0.15) is 30.9 Å². The number of carbonyl (C=O) groups excluding carboxylic acids is 1. The van der Waals surface area contributed by atoms with E-state index >= 15 is 0 Å². The number of pyridine rings is 3. The first-order chi connectivity index (χ1) is 26.2. The van der Waals surface area contributed by atoms with Gasteiger partial charge in [-0.3, -0.25) is 9.78 Å². The van der Waals surface area contributed by atoms with Crippen LogP contribution in [0.15, 0.2) is 91.1 Å². The van der Waals surface area contributed by atoms with E-state index in [-0.39, 0.29) is 51.8 Å². The number of alkyl halides is 18. The summed E-state index contributed by atoms with van der Waals surface area (Å²) in [5.41, 5.74) is -6.48. The van der Waals surface area contributed by atoms with Gasteiger partial charge in [0.25, 0.3) is 11.8 Å². The van der Waals surface area contributed by atoms with E-state index in [0.29, 0.717) is 0 Å². The fourth-order valence-electron chi connectivity index (χ4n) is 4.61. The molecule has 3 aliphatic carbocycles. The van der Waals surface area contributed by atoms with Gasteiger partial charge in [-0.05, 0) is 31.2 Å². The largest absolute Gasteiger partial charge is 0.512 e. The van der Waals surface area contributed by atoms with Gasteiger partial charge in [0.2, 0.25) is 0 Å². The van der Waals surface area contributed by atoms with E-state index in [1.165, 1.54) is 56.3 Å². The molecule has 0 amide bonds. The summed E-state index contributed by atoms with van der Waals surface area (Å²) in [6, 6.07) is 10.6. The van der Waals surface area contributed by atoms with Crippen molar-refractivity contribution in [3.63, 3.8) is 0 Å². The minimum absolute atomic E-state index is 0. The number of halogens is 18. The SMILES string of the molecule is CC(=[OH+])C=C(C)O.FC1(F)C=C(c2ccccn2)C(F)(F)C1(F)F.FC1(F)[C-]=C(c2ccccn2)C(F)(F)C1(F)F.FC1(F)[C-]=C(c2ccccn2)C(F)(F)C1(F)F.[Ir].[Ir]. The summed E-state index contributed by atoms with van der Waals surface area (Å²) < 4.78 is 233. The maximum Gasteiger partial charge on any atom is 0.380 e. The van der Waals surface area contributed by atoms with Gasteiger partial charge >= 0.3 is 47.2 Å². The minimum atomic E-state index is -5.49. The first-order valence-electron chi connectivity index (χ1n) is 15.3. The third kappa shape index (κ3) is 9.99. The molecule has 0 aromatic carbocycles. The second-order valence-corrected chi connectivity index (χ2v) is 11.8. The molecule has 6 rings (SSSR count). The zero-order valence-corrected chi connectivity index (χ0v) is 34.1. The van der Waals surface area contributed by atoms with E-state index < -0.39 is 93.2 Å². The molecule has 3 aromatic heterocycles. The number of hydrogen-bond acceptors (Lipinski definition) is 4. The van der Waals surface area contributed by atoms with E-state index in [9.17, 15) is 79.0 Å². The molecular weight excluding hydrogens is 1220 g/mol. The van der Waals surface area contributed by atoms with Crippen LogP contribution in [0, 0.1) is 12.2 Å². The Morgan fingerprint density at radius 1 is 0.533 bits per heavy atom. The maximum absolute atomic E-state index is 13.2. The Morgan fingerprint density at radius 3 is 1.07 bits per heavy atom. The van der Waals surface area contributed by atoms with Crippen molar-refractivity contribution in [1.82, 2.24) is 15.0 Å². The molecule has 3 aliphatic rings. The van der Waals surface area contributed by atoms with Crippen molar-refractivity contribution >= 4 is 22.5 Å². The zero-order valence-electron chi connectivity index (χ0n) is 29.3. The number of hydrogen-bond donors (Lipinski definition) is 1. The van der Waals surface area contributed by atoms with Crippen LogP contribution in [0.3, 0.4) is 0 Å². The van der Waals surface area contributed by atoms with Crippen LogP contribution in [-0.4, -0.2) is 83.9 Å². The Bertz CT molecular complexity index is 1860. The number of ketones is 1. The van der Waals surface area contributed by atoms with Crippen LogP contribution >= 0.6 is 0 Å². The summed E-state index contributed by atoms with van der Waals surface area (Å²) >= 11 is 0. The van der Waals surface area contributed by atoms with Gasteiger partial charge in [0, 0.05) is 64.9 Å². The second kappa shape index (κ2) is 18.5. The summed E-state index contributed by atoms with van der Waals surface area (Å²) in [6.45, 7) is 3.00. The molecular formula is C35H22F18Ir2N3O2-. The normalized spacial score (nSPS) is 22.1. The van der Waals surface area contributed by atoms with Crippen molar-refractivity contribution in [3.05, 3.63) is 120 Å². The zero-order chi connectivity index (χ0) is 44.6. The fourth-order valence-corrected chi connectivity index (χ4v) is 4.61. The predicted octanol–water partition coefficient (Wildman–Crippen LogP) is 10.8. The van der Waals surface area contributed by atoms with Crippen LogP contribution in [0.25, 0.3) is 16.7 Å². The monoisotopic (exact) mass is 1240 g/mol. The van der Waals surface area contributed by atoms with Crippen LogP contribution < -0.4 is 0 Å². The van der Waals surface area contributed by atoms with Crippen molar-refractivity contribution in [2.24, 2.45) is 0 Å². The van der Waals surface area contributed by atoms with Gasteiger partial charge in [0.05, 0.1) is 30.0 Å². The molecule has 25 heteroatoms. The standard InChI is InChI=1S/C10H5F6N.2C10H4F6N.C5H8O2.2Ir/c3*11-8(12)5-6(7-3-1-2-4-17-7)9(13,14)10(8,15)16;1-4(6)3-5(2)7;;/h1-5H;2*1-4H;3,6H,1-2H3;;/q;2*-1;;;/p+1. The fraction of sp³-hybridized carbons (Fsp3) is 0.314. The Morgan fingerprint density at radius 2 is 0.867 bits per heavy atom. The first kappa shape index (κ1) is 53.9. The predicted molar refractivity (Wildman–Crippen MR) is 168 cm³/mol. The summed E-state index contributed by atoms with van der Waals surface area (Å²) in [7, 11) is 0. The summed E-state index contributed by atoms with van der Waals surface area (Å²) in [5, 5.41) is 8.40. The van der Waals surface area contributed by atoms with Gasteiger partial charge in [0.1, 0.15) is 0 Å². The molecule has 0 fully saturated rings. The summed E-state index contributed by atoms with van der Waals surface area (Å²) in [4.78, 5) is 18.5. The minimum Gasteiger partial charge on any atom is -0.512 e. The molecule has 0 spiro atoms. The molecule has 2 radical (unpaired) electrons. The maximum atomic E-state index is 13.2. The smallest absolute Gasteiger partial charge is 0.380 e. The van der Waals surface area contributed by atoms with Crippen molar-refractivity contribution in [2.75, 3.05) is 0 Å². The average Bonchev–Trinajstić information content (AvgIpc) is 3.41. The van der Waals surface area contributed by atoms with E-state index in [2.05, 4.69) is 15.0 Å². The Hall–Kier alpha value is -4.08. The van der Waals surface area contributed by atoms with Gasteiger partial charge in [-0.25, -0.2) is 17.6 Å². The number of aliphatic hydroxyl groups is 1. The number of rotatable bonds is 4. The molecule has 0 saturated heterocycles. The number of aromatic nitrogens is 3. The Balaban J connectivity index is 0.000000411. The summed E-state index contributed by atoms with van der Waals surface area (Å²) in [5.74, 6) is -46.0. The van der Waals surface area contributed by atoms with Crippen LogP contribution in [-0.2, 0) is 40.2 Å². The molecule has 0 atom stereocenters. The van der Waals surface area contributed by atoms with Gasteiger partial charge in [-0.15, -0.1) is 23.3 Å². The summed E-state index contributed by atoms with van der Waals surface area (Å²) in [6.07, 6.45) is 5.68. The van der Waals surface area contributed by atoms with Gasteiger partial charge < -0.3 is 15.1 Å². The van der Waals surface area contributed by atoms with Crippen molar-refractivity contribution < 1.29 is 129 Å². The topological polar surface area (TPSA) is 80.3 Å². The molecule has 2 N–H and O–H groups in total. The number of nitrogens with zero attached hydrogens (tertiary/aromatic N) is 3. The van der Waals surface area contributed by atoms with E-state index in [4.69, 9.17) is 9.90 Å². The molecule has 3 aromatic rings. The number of aliphatic hydroxyl groups excluding tert-OH is 1. The molecule has 334 valence electrons. The molecule has 0 bridgehead atoms. The van der Waals surface area contributed by atoms with Crippen LogP contribution in [0.2, 0.25) is 0 Å². The van der Waals surface area contributed by atoms with Crippen molar-refractivity contribution in [1.29, 1.82) is 0 Å². The Labute approximate surface area is 353 Å². The molecule has 0 unspecified atom stereocenters. The molecule has 3 heterocycles. The van der Waals surface area contributed by atoms with Crippen molar-refractivity contribution in [3.8, 4) is 0 Å². The number of allylic oxidation sites excluding steroid dienone is 8. The third-order valence-electron chi connectivity index (χ3n) is 7.45. The van der Waals surface area contributed by atoms with Gasteiger partial charge in [0.15, 0.2) is 0 Å². The van der Waals surface area contributed by atoms with Gasteiger partial charge in [-0.2, -0.15) is 73.6 Å². The second-order valence-electron chi connectivity index (χ2n) is 11.8. The van der Waals surface area contributed by atoms with Gasteiger partial charge in [-0.1, -0.05) is 29.6 Å². The Kier molecular flexibility index (Phi) is 16.6. The quantitative estimate of drug-likeness (QED) is 0.0928. The van der Waals surface area contributed by atoms with E-state index in [1.807, 2.05) is 0 Å². The molecule has 5 nitrogen and oxygen atoms in total. The third-order valence-corrected chi connectivity index (χ3v) is 7.45. The van der Waals surface area contributed by atoms with Crippen molar-refractivity contribution in [2.45, 2.75) is 67.2 Å².